The van der Waals surface area contributed by atoms with E-state index in [1.807, 2.05) is 12.1 Å². The fourth-order valence-electron chi connectivity index (χ4n) is 1.52. The molecule has 0 aliphatic heterocycles. The maximum atomic E-state index is 10.6. The summed E-state index contributed by atoms with van der Waals surface area (Å²) in [5.74, 6) is 0. The third-order valence-electron chi connectivity index (χ3n) is 2.50. The molecule has 0 atom stereocenters. The Morgan fingerprint density at radius 1 is 1.25 bits per heavy atom. The molecule has 0 aromatic heterocycles. The van der Waals surface area contributed by atoms with Crippen molar-refractivity contribution >= 4 is 23.5 Å². The number of halogens is 1. The Morgan fingerprint density at radius 2 is 2.00 bits per heavy atom. The molecule has 2 rings (SSSR count). The van der Waals surface area contributed by atoms with Crippen LogP contribution in [0.15, 0.2) is 53.7 Å². The molecule has 0 N–H and O–H groups in total. The van der Waals surface area contributed by atoms with Crippen molar-refractivity contribution in [1.82, 2.24) is 0 Å². The first kappa shape index (κ1) is 14.0. The van der Waals surface area contributed by atoms with Gasteiger partial charge in [0.25, 0.3) is 5.69 Å². The first-order chi connectivity index (χ1) is 9.65. The van der Waals surface area contributed by atoms with Crippen LogP contribution < -0.4 is 0 Å². The lowest BCUT2D eigenvalue weighted by Crippen LogP contribution is -1.92. The number of hydrogen-bond acceptors (Lipinski definition) is 4. The normalized spacial score (nSPS) is 10.7. The number of benzene rings is 2. The lowest BCUT2D eigenvalue weighted by Gasteiger charge is -1.99. The Bertz CT molecular complexity index is 627. The van der Waals surface area contributed by atoms with Gasteiger partial charge in [0.2, 0.25) is 0 Å². The third-order valence-corrected chi connectivity index (χ3v) is 2.75. The molecule has 0 bridgehead atoms. The summed E-state index contributed by atoms with van der Waals surface area (Å²) in [5.41, 5.74) is 1.58. The zero-order chi connectivity index (χ0) is 14.4. The molecule has 0 unspecified atom stereocenters. The molecule has 102 valence electrons. The molecular formula is C14H11ClN2O3. The molecular weight excluding hydrogens is 280 g/mol. The van der Waals surface area contributed by atoms with Gasteiger partial charge >= 0.3 is 0 Å². The number of nitro benzene ring substituents is 1. The number of oxime groups is 1. The second-order valence-corrected chi connectivity index (χ2v) is 4.42. The molecule has 0 spiro atoms. The van der Waals surface area contributed by atoms with Crippen LogP contribution >= 0.6 is 11.6 Å². The van der Waals surface area contributed by atoms with Crippen LogP contribution in [0.5, 0.6) is 0 Å². The van der Waals surface area contributed by atoms with Gasteiger partial charge in [-0.05, 0) is 23.3 Å². The van der Waals surface area contributed by atoms with E-state index in [-0.39, 0.29) is 12.3 Å². The summed E-state index contributed by atoms with van der Waals surface area (Å²) < 4.78 is 0. The maximum absolute atomic E-state index is 10.6. The fourth-order valence-corrected chi connectivity index (χ4v) is 1.64. The highest BCUT2D eigenvalue weighted by atomic mass is 35.5. The van der Waals surface area contributed by atoms with Gasteiger partial charge in [-0.1, -0.05) is 41.0 Å². The van der Waals surface area contributed by atoms with Crippen molar-refractivity contribution < 1.29 is 9.76 Å². The van der Waals surface area contributed by atoms with Gasteiger partial charge in [0.15, 0.2) is 0 Å². The number of nitrogens with zero attached hydrogens (tertiary/aromatic N) is 2. The molecule has 2 aromatic carbocycles. The zero-order valence-corrected chi connectivity index (χ0v) is 11.2. The minimum absolute atomic E-state index is 0.0350. The van der Waals surface area contributed by atoms with Crippen molar-refractivity contribution in [1.29, 1.82) is 0 Å². The molecule has 0 radical (unpaired) electrons. The van der Waals surface area contributed by atoms with Gasteiger partial charge in [-0.25, -0.2) is 0 Å². The molecule has 20 heavy (non-hydrogen) atoms. The maximum Gasteiger partial charge on any atom is 0.269 e. The van der Waals surface area contributed by atoms with Crippen LogP contribution in [-0.4, -0.2) is 11.1 Å². The summed E-state index contributed by atoms with van der Waals surface area (Å²) in [4.78, 5) is 15.3. The molecule has 6 heteroatoms. The van der Waals surface area contributed by atoms with E-state index < -0.39 is 4.92 Å². The van der Waals surface area contributed by atoms with Crippen LogP contribution in [-0.2, 0) is 11.4 Å². The summed E-state index contributed by atoms with van der Waals surface area (Å²) in [6.07, 6.45) is 1.55. The number of nitro groups is 1. The summed E-state index contributed by atoms with van der Waals surface area (Å²) >= 11 is 5.76. The van der Waals surface area contributed by atoms with Gasteiger partial charge in [0.05, 0.1) is 11.1 Å². The van der Waals surface area contributed by atoms with Gasteiger partial charge in [-0.3, -0.25) is 10.1 Å². The summed E-state index contributed by atoms with van der Waals surface area (Å²) in [6.45, 7) is 0.172. The van der Waals surface area contributed by atoms with E-state index in [4.69, 9.17) is 16.4 Å². The van der Waals surface area contributed by atoms with Crippen LogP contribution in [0.25, 0.3) is 0 Å². The predicted molar refractivity (Wildman–Crippen MR) is 76.9 cm³/mol. The van der Waals surface area contributed by atoms with E-state index in [0.717, 1.165) is 5.56 Å². The minimum Gasteiger partial charge on any atom is -0.391 e. The van der Waals surface area contributed by atoms with Crippen LogP contribution in [0.1, 0.15) is 11.1 Å². The summed E-state index contributed by atoms with van der Waals surface area (Å²) in [5, 5.41) is 15.1. The molecule has 0 saturated heterocycles. The smallest absolute Gasteiger partial charge is 0.269 e. The van der Waals surface area contributed by atoms with Gasteiger partial charge in [0.1, 0.15) is 6.61 Å². The lowest BCUT2D eigenvalue weighted by molar-refractivity contribution is -0.384. The first-order valence-electron chi connectivity index (χ1n) is 5.79. The monoisotopic (exact) mass is 290 g/mol. The molecule has 0 amide bonds. The van der Waals surface area contributed by atoms with E-state index >= 15 is 0 Å². The van der Waals surface area contributed by atoms with E-state index in [1.165, 1.54) is 12.1 Å². The van der Waals surface area contributed by atoms with E-state index in [0.29, 0.717) is 10.6 Å². The topological polar surface area (TPSA) is 64.7 Å². The van der Waals surface area contributed by atoms with Crippen LogP contribution in [0, 0.1) is 10.1 Å². The molecule has 0 aliphatic rings. The van der Waals surface area contributed by atoms with Gasteiger partial charge in [0, 0.05) is 17.2 Å². The second kappa shape index (κ2) is 6.68. The van der Waals surface area contributed by atoms with E-state index in [1.54, 1.807) is 30.5 Å². The van der Waals surface area contributed by atoms with Crippen molar-refractivity contribution in [2.24, 2.45) is 5.16 Å². The minimum atomic E-state index is -0.444. The first-order valence-corrected chi connectivity index (χ1v) is 6.17. The summed E-state index contributed by atoms with van der Waals surface area (Å²) in [6, 6.07) is 13.4. The Labute approximate surface area is 120 Å². The van der Waals surface area contributed by atoms with Crippen LogP contribution in [0.4, 0.5) is 5.69 Å². The van der Waals surface area contributed by atoms with E-state index in [9.17, 15) is 10.1 Å². The lowest BCUT2D eigenvalue weighted by atomic mass is 10.2. The van der Waals surface area contributed by atoms with Crippen molar-refractivity contribution in [3.8, 4) is 0 Å². The Hall–Kier alpha value is -2.40. The fraction of sp³-hybridized carbons (Fsp3) is 0.0714. The second-order valence-electron chi connectivity index (χ2n) is 3.99. The number of non-ortho nitro benzene ring substituents is 1. The highest BCUT2D eigenvalue weighted by Crippen LogP contribution is 2.14. The number of hydrogen-bond donors (Lipinski definition) is 0. The van der Waals surface area contributed by atoms with Crippen molar-refractivity contribution in [2.75, 3.05) is 0 Å². The standard InChI is InChI=1S/C14H11ClN2O3/c15-13-6-4-11(5-7-13)9-16-20-10-12-2-1-3-14(8-12)17(18)19/h1-9H,10H2/b16-9+. The number of rotatable bonds is 5. The molecule has 5 nitrogen and oxygen atoms in total. The van der Waals surface area contributed by atoms with E-state index in [2.05, 4.69) is 5.16 Å². The molecule has 0 saturated carbocycles. The van der Waals surface area contributed by atoms with Gasteiger partial charge < -0.3 is 4.84 Å². The van der Waals surface area contributed by atoms with Crippen LogP contribution in [0.2, 0.25) is 5.02 Å². The van der Waals surface area contributed by atoms with Crippen molar-refractivity contribution in [2.45, 2.75) is 6.61 Å². The Morgan fingerprint density at radius 3 is 2.70 bits per heavy atom. The third kappa shape index (κ3) is 4.07. The van der Waals surface area contributed by atoms with Gasteiger partial charge in [-0.2, -0.15) is 0 Å². The molecule has 2 aromatic rings. The average molecular weight is 291 g/mol. The van der Waals surface area contributed by atoms with Crippen molar-refractivity contribution in [3.63, 3.8) is 0 Å². The molecule has 0 heterocycles. The quantitative estimate of drug-likeness (QED) is 0.478. The molecule has 0 aliphatic carbocycles. The average Bonchev–Trinajstić information content (AvgIpc) is 2.46. The molecule has 0 fully saturated rings. The highest BCUT2D eigenvalue weighted by molar-refractivity contribution is 6.30. The highest BCUT2D eigenvalue weighted by Gasteiger charge is 2.05. The predicted octanol–water partition coefficient (Wildman–Crippen LogP) is 3.80. The van der Waals surface area contributed by atoms with Crippen LogP contribution in [0.3, 0.4) is 0 Å². The largest absolute Gasteiger partial charge is 0.391 e. The SMILES string of the molecule is O=[N+]([O-])c1cccc(CO/N=C/c2ccc(Cl)cc2)c1. The Kier molecular flexibility index (Phi) is 4.68. The zero-order valence-electron chi connectivity index (χ0n) is 10.4. The summed E-state index contributed by atoms with van der Waals surface area (Å²) in [7, 11) is 0. The van der Waals surface area contributed by atoms with Crippen molar-refractivity contribution in [3.05, 3.63) is 74.8 Å². The van der Waals surface area contributed by atoms with Gasteiger partial charge in [-0.15, -0.1) is 0 Å². The Balaban J connectivity index is 1.91.